The van der Waals surface area contributed by atoms with Gasteiger partial charge in [0.1, 0.15) is 0 Å². The summed E-state index contributed by atoms with van der Waals surface area (Å²) in [6.07, 6.45) is 1.17. The maximum atomic E-state index is 2.60. The van der Waals surface area contributed by atoms with Crippen molar-refractivity contribution in [1.29, 1.82) is 0 Å². The molecule has 1 aromatic heterocycles. The molecule has 0 aliphatic heterocycles. The lowest BCUT2D eigenvalue weighted by Gasteiger charge is -2.33. The van der Waals surface area contributed by atoms with Crippen LogP contribution in [0.15, 0.2) is 0 Å². The van der Waals surface area contributed by atoms with Crippen molar-refractivity contribution in [2.45, 2.75) is 112 Å². The lowest BCUT2D eigenvalue weighted by atomic mass is 9.71. The van der Waals surface area contributed by atoms with Crippen LogP contribution in [0.4, 0.5) is 0 Å². The van der Waals surface area contributed by atoms with Crippen LogP contribution >= 0.6 is 0 Å². The number of rotatable bonds is 3. The molecule has 22 heavy (non-hydrogen) atoms. The molecule has 0 amide bonds. The van der Waals surface area contributed by atoms with Gasteiger partial charge in [-0.05, 0) is 49.1 Å². The van der Waals surface area contributed by atoms with Crippen LogP contribution in [-0.4, -0.2) is 4.57 Å². The summed E-state index contributed by atoms with van der Waals surface area (Å²) in [4.78, 5) is 0. The molecule has 1 nitrogen and oxygen atoms in total. The number of hydrogen-bond acceptors (Lipinski definition) is 0. The first kappa shape index (κ1) is 19.3. The number of nitrogens with zero attached hydrogens (tertiary/aromatic N) is 1. The monoisotopic (exact) mass is 305 g/mol. The summed E-state index contributed by atoms with van der Waals surface area (Å²) in [5.41, 5.74) is 6.70. The molecular weight excluding hydrogens is 266 g/mol. The average molecular weight is 306 g/mol. The zero-order valence-corrected chi connectivity index (χ0v) is 17.2. The lowest BCUT2D eigenvalue weighted by molar-refractivity contribution is 0.455. The first-order valence-corrected chi connectivity index (χ1v) is 8.92. The van der Waals surface area contributed by atoms with E-state index in [4.69, 9.17) is 0 Å². The van der Waals surface area contributed by atoms with Gasteiger partial charge in [0.25, 0.3) is 0 Å². The predicted octanol–water partition coefficient (Wildman–Crippen LogP) is 6.66. The highest BCUT2D eigenvalue weighted by Gasteiger charge is 2.38. The smallest absolute Gasteiger partial charge is 0.0279 e. The van der Waals surface area contributed by atoms with Gasteiger partial charge in [-0.1, -0.05) is 62.3 Å². The largest absolute Gasteiger partial charge is 0.345 e. The zero-order chi connectivity index (χ0) is 17.7. The molecule has 0 aliphatic carbocycles. The van der Waals surface area contributed by atoms with Crippen molar-refractivity contribution in [2.24, 2.45) is 0 Å². The van der Waals surface area contributed by atoms with E-state index in [1.807, 2.05) is 0 Å². The number of hydrogen-bond donors (Lipinski definition) is 0. The molecule has 0 spiro atoms. The summed E-state index contributed by atoms with van der Waals surface area (Å²) >= 11 is 0. The van der Waals surface area contributed by atoms with E-state index in [-0.39, 0.29) is 16.2 Å². The van der Waals surface area contributed by atoms with Gasteiger partial charge in [0.05, 0.1) is 0 Å². The van der Waals surface area contributed by atoms with Crippen LogP contribution < -0.4 is 0 Å². The van der Waals surface area contributed by atoms with Crippen LogP contribution in [0, 0.1) is 6.92 Å². The Morgan fingerprint density at radius 3 is 1.55 bits per heavy atom. The van der Waals surface area contributed by atoms with Crippen molar-refractivity contribution in [3.05, 3.63) is 22.5 Å². The molecule has 0 unspecified atom stereocenters. The van der Waals surface area contributed by atoms with Gasteiger partial charge in [-0.3, -0.25) is 0 Å². The van der Waals surface area contributed by atoms with Gasteiger partial charge < -0.3 is 4.57 Å². The second-order valence-corrected chi connectivity index (χ2v) is 9.89. The molecule has 1 heterocycles. The fraction of sp³-hybridized carbons (Fsp3) is 0.810. The normalized spacial score (nSPS) is 14.0. The van der Waals surface area contributed by atoms with Gasteiger partial charge in [0.15, 0.2) is 0 Å². The molecule has 0 N–H and O–H groups in total. The minimum atomic E-state index is 0.152. The third-order valence-corrected chi connectivity index (χ3v) is 4.99. The molecule has 0 aliphatic rings. The fourth-order valence-corrected chi connectivity index (χ4v) is 3.82. The van der Waals surface area contributed by atoms with Crippen LogP contribution in [0.1, 0.15) is 111 Å². The maximum Gasteiger partial charge on any atom is 0.0279 e. The van der Waals surface area contributed by atoms with Gasteiger partial charge >= 0.3 is 0 Å². The molecule has 1 rings (SSSR count). The molecule has 0 radical (unpaired) electrons. The van der Waals surface area contributed by atoms with E-state index in [0.717, 1.165) is 0 Å². The van der Waals surface area contributed by atoms with E-state index in [1.165, 1.54) is 17.8 Å². The van der Waals surface area contributed by atoms with E-state index in [9.17, 15) is 0 Å². The van der Waals surface area contributed by atoms with Crippen LogP contribution in [0.25, 0.3) is 0 Å². The molecule has 0 fully saturated rings. The summed E-state index contributed by atoms with van der Waals surface area (Å²) < 4.78 is 2.60. The Labute approximate surface area is 139 Å². The quantitative estimate of drug-likeness (QED) is 0.588. The zero-order valence-electron chi connectivity index (χ0n) is 17.2. The Kier molecular flexibility index (Phi) is 5.03. The van der Waals surface area contributed by atoms with Crippen molar-refractivity contribution < 1.29 is 0 Å². The Bertz CT molecular complexity index is 528. The van der Waals surface area contributed by atoms with Gasteiger partial charge in [-0.15, -0.1) is 0 Å². The highest BCUT2D eigenvalue weighted by molar-refractivity contribution is 5.49. The van der Waals surface area contributed by atoms with E-state index in [1.54, 1.807) is 11.1 Å². The maximum absolute atomic E-state index is 2.60. The molecule has 0 aromatic carbocycles. The van der Waals surface area contributed by atoms with E-state index < -0.39 is 0 Å². The Morgan fingerprint density at radius 1 is 0.818 bits per heavy atom. The average Bonchev–Trinajstić information content (AvgIpc) is 2.62. The molecule has 1 heteroatoms. The molecule has 0 atom stereocenters. The summed E-state index contributed by atoms with van der Waals surface area (Å²) in [5.74, 6) is 0. The van der Waals surface area contributed by atoms with Crippen LogP contribution in [0.5, 0.6) is 0 Å². The Hall–Kier alpha value is -0.720. The van der Waals surface area contributed by atoms with Crippen molar-refractivity contribution in [3.63, 3.8) is 0 Å². The summed E-state index contributed by atoms with van der Waals surface area (Å²) in [7, 11) is 0. The molecule has 0 saturated heterocycles. The van der Waals surface area contributed by atoms with Gasteiger partial charge in [0.2, 0.25) is 0 Å². The van der Waals surface area contributed by atoms with E-state index in [0.29, 0.717) is 6.04 Å². The van der Waals surface area contributed by atoms with Crippen molar-refractivity contribution in [1.82, 2.24) is 4.57 Å². The topological polar surface area (TPSA) is 4.93 Å². The minimum absolute atomic E-state index is 0.152. The SMILES string of the molecule is CCC(C)(C)c1c(C(C)(C)C)c(C(C)(C)C)n(C(C)C)c1C. The third kappa shape index (κ3) is 3.29. The fourth-order valence-electron chi connectivity index (χ4n) is 3.82. The van der Waals surface area contributed by atoms with Crippen LogP contribution in [0.2, 0.25) is 0 Å². The van der Waals surface area contributed by atoms with Gasteiger partial charge in [-0.2, -0.15) is 0 Å². The number of aromatic nitrogens is 1. The molecule has 0 bridgehead atoms. The van der Waals surface area contributed by atoms with E-state index >= 15 is 0 Å². The molecule has 1 aromatic rings. The first-order chi connectivity index (χ1) is 9.66. The van der Waals surface area contributed by atoms with Crippen molar-refractivity contribution in [3.8, 4) is 0 Å². The second kappa shape index (κ2) is 5.73. The highest BCUT2D eigenvalue weighted by atomic mass is 15.0. The van der Waals surface area contributed by atoms with Gasteiger partial charge in [-0.25, -0.2) is 0 Å². The van der Waals surface area contributed by atoms with Crippen LogP contribution in [-0.2, 0) is 16.2 Å². The Balaban J connectivity index is 4.03. The van der Waals surface area contributed by atoms with Crippen LogP contribution in [0.3, 0.4) is 0 Å². The summed E-state index contributed by atoms with van der Waals surface area (Å²) in [5, 5.41) is 0. The lowest BCUT2D eigenvalue weighted by Crippen LogP contribution is -2.27. The summed E-state index contributed by atoms with van der Waals surface area (Å²) in [6.45, 7) is 28.3. The summed E-state index contributed by atoms with van der Waals surface area (Å²) in [6, 6.07) is 0.497. The predicted molar refractivity (Wildman–Crippen MR) is 100 cm³/mol. The molecule has 0 saturated carbocycles. The minimum Gasteiger partial charge on any atom is -0.345 e. The molecule has 128 valence electrons. The standard InChI is InChI=1S/C21H39N/c1-13-21(11,12)16-15(4)22(14(2)3)18(20(8,9)10)17(16)19(5,6)7/h14H,13H2,1-12H3. The first-order valence-electron chi connectivity index (χ1n) is 8.92. The Morgan fingerprint density at radius 2 is 1.27 bits per heavy atom. The van der Waals surface area contributed by atoms with Crippen molar-refractivity contribution in [2.75, 3.05) is 0 Å². The molecular formula is C21H39N. The van der Waals surface area contributed by atoms with Crippen molar-refractivity contribution >= 4 is 0 Å². The van der Waals surface area contributed by atoms with Gasteiger partial charge in [0, 0.05) is 22.8 Å². The highest BCUT2D eigenvalue weighted by Crippen LogP contribution is 2.46. The second-order valence-electron chi connectivity index (χ2n) is 9.89. The third-order valence-electron chi connectivity index (χ3n) is 4.99. The van der Waals surface area contributed by atoms with E-state index in [2.05, 4.69) is 87.7 Å².